The molecule has 0 heterocycles. The Morgan fingerprint density at radius 2 is 1.67 bits per heavy atom. The maximum absolute atomic E-state index is 13.3. The molecule has 1 N–H and O–H groups in total. The van der Waals surface area contributed by atoms with Crippen molar-refractivity contribution >= 4 is 0 Å². The van der Waals surface area contributed by atoms with E-state index < -0.39 is 6.10 Å². The van der Waals surface area contributed by atoms with E-state index in [9.17, 15) is 9.50 Å². The first kappa shape index (κ1) is 15.7. The summed E-state index contributed by atoms with van der Waals surface area (Å²) in [4.78, 5) is 0. The van der Waals surface area contributed by atoms with Crippen molar-refractivity contribution in [1.29, 1.82) is 0 Å². The molecule has 0 spiro atoms. The number of halogens is 1. The fourth-order valence-corrected chi connectivity index (χ4v) is 3.17. The molecule has 0 radical (unpaired) electrons. The molecule has 0 aromatic heterocycles. The summed E-state index contributed by atoms with van der Waals surface area (Å²) in [6.07, 6.45) is 1.64. The average molecular weight is 286 g/mol. The van der Waals surface area contributed by atoms with Crippen LogP contribution >= 0.6 is 0 Å². The van der Waals surface area contributed by atoms with Crippen LogP contribution in [0.4, 0.5) is 4.39 Å². The van der Waals surface area contributed by atoms with Crippen LogP contribution < -0.4 is 0 Å². The van der Waals surface area contributed by atoms with Gasteiger partial charge in [0.2, 0.25) is 0 Å². The molecule has 0 bridgehead atoms. The van der Waals surface area contributed by atoms with Crippen molar-refractivity contribution in [3.8, 4) is 0 Å². The molecule has 0 saturated heterocycles. The third-order valence-electron chi connectivity index (χ3n) is 4.57. The van der Waals surface area contributed by atoms with Crippen molar-refractivity contribution in [1.82, 2.24) is 0 Å². The minimum atomic E-state index is -0.531. The number of aliphatic hydroxyl groups excluding tert-OH is 1. The van der Waals surface area contributed by atoms with Gasteiger partial charge < -0.3 is 5.11 Å². The second kappa shape index (κ2) is 6.86. The average Bonchev–Trinajstić information content (AvgIpc) is 2.50. The maximum Gasteiger partial charge on any atom is 0.123 e. The number of rotatable bonds is 6. The zero-order valence-electron chi connectivity index (χ0n) is 12.7. The molecule has 2 aromatic carbocycles. The van der Waals surface area contributed by atoms with Crippen LogP contribution in [-0.2, 0) is 11.8 Å². The molecule has 2 rings (SSSR count). The van der Waals surface area contributed by atoms with E-state index in [1.165, 1.54) is 12.1 Å². The van der Waals surface area contributed by atoms with Crippen LogP contribution in [0.15, 0.2) is 54.6 Å². The van der Waals surface area contributed by atoms with Gasteiger partial charge >= 0.3 is 0 Å². The molecule has 1 unspecified atom stereocenters. The molecule has 0 fully saturated rings. The van der Waals surface area contributed by atoms with E-state index in [4.69, 9.17) is 0 Å². The zero-order valence-corrected chi connectivity index (χ0v) is 12.7. The second-order valence-electron chi connectivity index (χ2n) is 5.58. The van der Waals surface area contributed by atoms with Gasteiger partial charge in [-0.2, -0.15) is 0 Å². The molecule has 0 amide bonds. The van der Waals surface area contributed by atoms with Crippen LogP contribution in [0.2, 0.25) is 0 Å². The second-order valence-corrected chi connectivity index (χ2v) is 5.58. The first-order chi connectivity index (χ1) is 10.1. The molecule has 0 saturated carbocycles. The topological polar surface area (TPSA) is 20.2 Å². The van der Waals surface area contributed by atoms with E-state index >= 15 is 0 Å². The van der Waals surface area contributed by atoms with Gasteiger partial charge in [-0.3, -0.25) is 0 Å². The van der Waals surface area contributed by atoms with Crippen LogP contribution in [-0.4, -0.2) is 11.2 Å². The van der Waals surface area contributed by atoms with Crippen molar-refractivity contribution in [2.45, 2.75) is 44.6 Å². The highest BCUT2D eigenvalue weighted by Crippen LogP contribution is 2.36. The summed E-state index contributed by atoms with van der Waals surface area (Å²) in [6, 6.07) is 16.6. The SMILES string of the molecule is CCC(CC)(c1ccccc1)C(O)Cc1cccc(F)c1. The quantitative estimate of drug-likeness (QED) is 0.829. The van der Waals surface area contributed by atoms with E-state index in [1.807, 2.05) is 24.3 Å². The van der Waals surface area contributed by atoms with Gasteiger partial charge in [-0.25, -0.2) is 4.39 Å². The number of benzene rings is 2. The van der Waals surface area contributed by atoms with Gasteiger partial charge in [0.15, 0.2) is 0 Å². The van der Waals surface area contributed by atoms with E-state index in [1.54, 1.807) is 6.07 Å². The van der Waals surface area contributed by atoms with Gasteiger partial charge in [0.1, 0.15) is 5.82 Å². The molecule has 0 aliphatic carbocycles. The van der Waals surface area contributed by atoms with E-state index in [2.05, 4.69) is 26.0 Å². The smallest absolute Gasteiger partial charge is 0.123 e. The first-order valence-electron chi connectivity index (χ1n) is 7.60. The molecule has 1 nitrogen and oxygen atoms in total. The van der Waals surface area contributed by atoms with Gasteiger partial charge in [-0.05, 0) is 42.5 Å². The molecule has 21 heavy (non-hydrogen) atoms. The largest absolute Gasteiger partial charge is 0.392 e. The Hall–Kier alpha value is -1.67. The Bertz CT molecular complexity index is 561. The van der Waals surface area contributed by atoms with Crippen LogP contribution in [0.1, 0.15) is 37.8 Å². The minimum absolute atomic E-state index is 0.252. The molecule has 0 aliphatic heterocycles. The number of aliphatic hydroxyl groups is 1. The minimum Gasteiger partial charge on any atom is -0.392 e. The first-order valence-corrected chi connectivity index (χ1v) is 7.60. The molecular formula is C19H23FO. The van der Waals surface area contributed by atoms with Crippen molar-refractivity contribution in [3.63, 3.8) is 0 Å². The number of hydrogen-bond donors (Lipinski definition) is 1. The monoisotopic (exact) mass is 286 g/mol. The summed E-state index contributed by atoms with van der Waals surface area (Å²) in [5, 5.41) is 10.8. The maximum atomic E-state index is 13.3. The lowest BCUT2D eigenvalue weighted by atomic mass is 9.70. The molecule has 0 aliphatic rings. The standard InChI is InChI=1S/C19H23FO/c1-3-19(4-2,16-10-6-5-7-11-16)18(21)14-15-9-8-12-17(20)13-15/h5-13,18,21H,3-4,14H2,1-2H3. The highest BCUT2D eigenvalue weighted by molar-refractivity contribution is 5.28. The van der Waals surface area contributed by atoms with Crippen molar-refractivity contribution in [3.05, 3.63) is 71.5 Å². The fraction of sp³-hybridized carbons (Fsp3) is 0.368. The van der Waals surface area contributed by atoms with E-state index in [0.29, 0.717) is 6.42 Å². The van der Waals surface area contributed by atoms with E-state index in [0.717, 1.165) is 24.0 Å². The lowest BCUT2D eigenvalue weighted by molar-refractivity contribution is 0.0733. The highest BCUT2D eigenvalue weighted by Gasteiger charge is 2.36. The normalized spacial score (nSPS) is 13.1. The Labute approximate surface area is 126 Å². The number of hydrogen-bond acceptors (Lipinski definition) is 1. The van der Waals surface area contributed by atoms with Gasteiger partial charge in [0.25, 0.3) is 0 Å². The fourth-order valence-electron chi connectivity index (χ4n) is 3.17. The summed E-state index contributed by atoms with van der Waals surface area (Å²) in [5.41, 5.74) is 1.71. The van der Waals surface area contributed by atoms with Crippen LogP contribution in [0.25, 0.3) is 0 Å². The van der Waals surface area contributed by atoms with E-state index in [-0.39, 0.29) is 11.2 Å². The van der Waals surface area contributed by atoms with Gasteiger partial charge in [-0.1, -0.05) is 56.3 Å². The summed E-state index contributed by atoms with van der Waals surface area (Å²) < 4.78 is 13.3. The summed E-state index contributed by atoms with van der Waals surface area (Å²) in [6.45, 7) is 4.20. The molecular weight excluding hydrogens is 263 g/mol. The Balaban J connectivity index is 2.29. The lowest BCUT2D eigenvalue weighted by Gasteiger charge is -2.37. The third kappa shape index (κ3) is 3.33. The Morgan fingerprint density at radius 1 is 1.00 bits per heavy atom. The third-order valence-corrected chi connectivity index (χ3v) is 4.57. The molecule has 1 atom stereocenters. The Morgan fingerprint density at radius 3 is 2.24 bits per heavy atom. The molecule has 112 valence electrons. The summed E-state index contributed by atoms with van der Waals surface area (Å²) in [7, 11) is 0. The predicted octanol–water partition coefficient (Wildman–Crippen LogP) is 4.49. The predicted molar refractivity (Wildman–Crippen MR) is 84.8 cm³/mol. The Kier molecular flexibility index (Phi) is 5.13. The van der Waals surface area contributed by atoms with Crippen LogP contribution in [0, 0.1) is 5.82 Å². The van der Waals surface area contributed by atoms with Crippen LogP contribution in [0.3, 0.4) is 0 Å². The summed E-state index contributed by atoms with van der Waals surface area (Å²) >= 11 is 0. The van der Waals surface area contributed by atoms with Crippen molar-refractivity contribution in [2.24, 2.45) is 0 Å². The molecule has 2 aromatic rings. The molecule has 2 heteroatoms. The summed E-state index contributed by atoms with van der Waals surface area (Å²) in [5.74, 6) is -0.252. The van der Waals surface area contributed by atoms with Gasteiger partial charge in [0, 0.05) is 5.41 Å². The lowest BCUT2D eigenvalue weighted by Crippen LogP contribution is -2.40. The van der Waals surface area contributed by atoms with Crippen LogP contribution in [0.5, 0.6) is 0 Å². The van der Waals surface area contributed by atoms with Crippen molar-refractivity contribution < 1.29 is 9.50 Å². The highest BCUT2D eigenvalue weighted by atomic mass is 19.1. The van der Waals surface area contributed by atoms with Gasteiger partial charge in [-0.15, -0.1) is 0 Å². The zero-order chi connectivity index (χ0) is 15.3. The van der Waals surface area contributed by atoms with Gasteiger partial charge in [0.05, 0.1) is 6.10 Å². The van der Waals surface area contributed by atoms with Crippen molar-refractivity contribution in [2.75, 3.05) is 0 Å².